The summed E-state index contributed by atoms with van der Waals surface area (Å²) in [6, 6.07) is 0. The molecule has 0 aromatic carbocycles. The van der Waals surface area contributed by atoms with E-state index in [9.17, 15) is 4.79 Å². The van der Waals surface area contributed by atoms with Crippen LogP contribution in [-0.4, -0.2) is 24.7 Å². The Morgan fingerprint density at radius 3 is 2.25 bits per heavy atom. The lowest BCUT2D eigenvalue weighted by Gasteiger charge is -2.19. The molecule has 3 nitrogen and oxygen atoms in total. The summed E-state index contributed by atoms with van der Waals surface area (Å²) in [4.78, 5) is 10.8. The fraction of sp³-hybridized carbons (Fsp3) is 0.875. The second kappa shape index (κ2) is 6.26. The van der Waals surface area contributed by atoms with Crippen molar-refractivity contribution in [1.82, 2.24) is 5.32 Å². The summed E-state index contributed by atoms with van der Waals surface area (Å²) in [6.45, 7) is 8.56. The molecule has 0 saturated carbocycles. The Hall–Kier alpha value is -0.280. The van der Waals surface area contributed by atoms with Crippen molar-refractivity contribution in [3.8, 4) is 0 Å². The zero-order valence-corrected chi connectivity index (χ0v) is 8.96. The standard InChI is InChI=1S/C8H17NO2.ClH/c1-5-11-7(10)6-9-8(2,3)4;/h9H,5-6H2,1-4H3;1H. The zero-order chi connectivity index (χ0) is 8.91. The highest BCUT2D eigenvalue weighted by atomic mass is 35.5. The van der Waals surface area contributed by atoms with E-state index in [0.29, 0.717) is 6.61 Å². The van der Waals surface area contributed by atoms with E-state index in [4.69, 9.17) is 4.74 Å². The molecule has 0 aromatic heterocycles. The van der Waals surface area contributed by atoms with E-state index in [1.807, 2.05) is 20.8 Å². The molecule has 0 aliphatic carbocycles. The van der Waals surface area contributed by atoms with Crippen molar-refractivity contribution in [1.29, 1.82) is 0 Å². The largest absolute Gasteiger partial charge is 0.465 e. The van der Waals surface area contributed by atoms with Crippen LogP contribution < -0.4 is 5.32 Å². The highest BCUT2D eigenvalue weighted by Crippen LogP contribution is 1.96. The molecule has 0 heterocycles. The molecular formula is C8H18ClNO2. The van der Waals surface area contributed by atoms with Gasteiger partial charge in [-0.3, -0.25) is 4.79 Å². The molecule has 0 spiro atoms. The predicted octanol–water partition coefficient (Wildman–Crippen LogP) is 1.36. The van der Waals surface area contributed by atoms with Gasteiger partial charge in [-0.05, 0) is 27.7 Å². The summed E-state index contributed by atoms with van der Waals surface area (Å²) in [6.07, 6.45) is 0. The monoisotopic (exact) mass is 195 g/mol. The quantitative estimate of drug-likeness (QED) is 0.692. The van der Waals surface area contributed by atoms with Gasteiger partial charge in [-0.2, -0.15) is 0 Å². The molecule has 0 unspecified atom stereocenters. The smallest absolute Gasteiger partial charge is 0.319 e. The maximum atomic E-state index is 10.8. The number of carbonyl (C=O) groups is 1. The summed E-state index contributed by atoms with van der Waals surface area (Å²) >= 11 is 0. The number of hydrogen-bond acceptors (Lipinski definition) is 3. The van der Waals surface area contributed by atoms with Crippen molar-refractivity contribution in [2.24, 2.45) is 0 Å². The van der Waals surface area contributed by atoms with Gasteiger partial charge in [0.25, 0.3) is 0 Å². The minimum Gasteiger partial charge on any atom is -0.465 e. The summed E-state index contributed by atoms with van der Waals surface area (Å²) in [5, 5.41) is 3.03. The molecule has 0 saturated heterocycles. The lowest BCUT2D eigenvalue weighted by molar-refractivity contribution is -0.142. The fourth-order valence-electron chi connectivity index (χ4n) is 0.549. The Morgan fingerprint density at radius 2 is 1.92 bits per heavy atom. The topological polar surface area (TPSA) is 38.3 Å². The second-order valence-corrected chi connectivity index (χ2v) is 3.41. The Morgan fingerprint density at radius 1 is 1.42 bits per heavy atom. The van der Waals surface area contributed by atoms with Crippen LogP contribution in [0.2, 0.25) is 0 Å². The highest BCUT2D eigenvalue weighted by Gasteiger charge is 2.10. The van der Waals surface area contributed by atoms with Gasteiger partial charge in [0.1, 0.15) is 0 Å². The van der Waals surface area contributed by atoms with Crippen LogP contribution >= 0.6 is 12.4 Å². The van der Waals surface area contributed by atoms with E-state index in [2.05, 4.69) is 5.32 Å². The number of nitrogens with one attached hydrogen (secondary N) is 1. The maximum Gasteiger partial charge on any atom is 0.319 e. The van der Waals surface area contributed by atoms with Gasteiger partial charge >= 0.3 is 5.97 Å². The molecule has 0 atom stereocenters. The van der Waals surface area contributed by atoms with E-state index in [0.717, 1.165) is 0 Å². The van der Waals surface area contributed by atoms with Crippen molar-refractivity contribution in [3.63, 3.8) is 0 Å². The predicted molar refractivity (Wildman–Crippen MR) is 51.6 cm³/mol. The Kier molecular flexibility index (Phi) is 7.44. The molecular weight excluding hydrogens is 178 g/mol. The van der Waals surface area contributed by atoms with Crippen LogP contribution in [0.15, 0.2) is 0 Å². The lowest BCUT2D eigenvalue weighted by atomic mass is 10.1. The number of ether oxygens (including phenoxy) is 1. The summed E-state index contributed by atoms with van der Waals surface area (Å²) < 4.78 is 4.74. The van der Waals surface area contributed by atoms with Crippen molar-refractivity contribution in [2.45, 2.75) is 33.2 Å². The summed E-state index contributed by atoms with van der Waals surface area (Å²) in [7, 11) is 0. The number of esters is 1. The molecule has 4 heteroatoms. The Labute approximate surface area is 80.3 Å². The van der Waals surface area contributed by atoms with Gasteiger partial charge in [-0.25, -0.2) is 0 Å². The molecule has 0 amide bonds. The van der Waals surface area contributed by atoms with E-state index in [1.165, 1.54) is 0 Å². The van der Waals surface area contributed by atoms with Crippen molar-refractivity contribution in [2.75, 3.05) is 13.2 Å². The maximum absolute atomic E-state index is 10.8. The molecule has 12 heavy (non-hydrogen) atoms. The van der Waals surface area contributed by atoms with Gasteiger partial charge in [0.15, 0.2) is 0 Å². The highest BCUT2D eigenvalue weighted by molar-refractivity contribution is 5.85. The molecule has 0 rings (SSSR count). The molecule has 0 aromatic rings. The summed E-state index contributed by atoms with van der Waals surface area (Å²) in [5.74, 6) is -0.192. The van der Waals surface area contributed by atoms with Gasteiger partial charge in [0, 0.05) is 5.54 Å². The lowest BCUT2D eigenvalue weighted by Crippen LogP contribution is -2.39. The van der Waals surface area contributed by atoms with E-state index in [1.54, 1.807) is 6.92 Å². The molecule has 0 bridgehead atoms. The third kappa shape index (κ3) is 9.72. The van der Waals surface area contributed by atoms with E-state index in [-0.39, 0.29) is 30.5 Å². The molecule has 74 valence electrons. The first-order valence-corrected chi connectivity index (χ1v) is 3.86. The van der Waals surface area contributed by atoms with Crippen molar-refractivity contribution in [3.05, 3.63) is 0 Å². The first-order valence-electron chi connectivity index (χ1n) is 3.86. The first-order chi connectivity index (χ1) is 4.95. The Balaban J connectivity index is 0. The number of rotatable bonds is 3. The number of hydrogen-bond donors (Lipinski definition) is 1. The average molecular weight is 196 g/mol. The third-order valence-electron chi connectivity index (χ3n) is 1.07. The zero-order valence-electron chi connectivity index (χ0n) is 8.14. The van der Waals surface area contributed by atoms with Crippen LogP contribution in [0.4, 0.5) is 0 Å². The second-order valence-electron chi connectivity index (χ2n) is 3.41. The van der Waals surface area contributed by atoms with Gasteiger partial charge in [0.05, 0.1) is 13.2 Å². The molecule has 0 radical (unpaired) electrons. The van der Waals surface area contributed by atoms with Crippen LogP contribution in [-0.2, 0) is 9.53 Å². The summed E-state index contributed by atoms with van der Waals surface area (Å²) in [5.41, 5.74) is -0.0211. The van der Waals surface area contributed by atoms with Crippen LogP contribution in [0.3, 0.4) is 0 Å². The third-order valence-corrected chi connectivity index (χ3v) is 1.07. The van der Waals surface area contributed by atoms with Crippen LogP contribution in [0, 0.1) is 0 Å². The van der Waals surface area contributed by atoms with Gasteiger partial charge in [-0.15, -0.1) is 12.4 Å². The first kappa shape index (κ1) is 14.3. The fourth-order valence-corrected chi connectivity index (χ4v) is 0.549. The normalized spacial score (nSPS) is 10.3. The van der Waals surface area contributed by atoms with Crippen molar-refractivity contribution < 1.29 is 9.53 Å². The van der Waals surface area contributed by atoms with E-state index >= 15 is 0 Å². The average Bonchev–Trinajstić information content (AvgIpc) is 1.83. The van der Waals surface area contributed by atoms with Gasteiger partial charge in [0.2, 0.25) is 0 Å². The molecule has 0 aliphatic heterocycles. The molecule has 1 N–H and O–H groups in total. The van der Waals surface area contributed by atoms with Crippen LogP contribution in [0.1, 0.15) is 27.7 Å². The van der Waals surface area contributed by atoms with E-state index < -0.39 is 0 Å². The number of halogens is 1. The number of carbonyl (C=O) groups excluding carboxylic acids is 1. The Bertz CT molecular complexity index is 132. The van der Waals surface area contributed by atoms with Gasteiger partial charge in [-0.1, -0.05) is 0 Å². The molecule has 0 fully saturated rings. The minimum atomic E-state index is -0.192. The SMILES string of the molecule is CCOC(=O)CNC(C)(C)C.Cl. The van der Waals surface area contributed by atoms with Crippen LogP contribution in [0.25, 0.3) is 0 Å². The van der Waals surface area contributed by atoms with Crippen molar-refractivity contribution >= 4 is 18.4 Å². The van der Waals surface area contributed by atoms with Crippen LogP contribution in [0.5, 0.6) is 0 Å². The molecule has 0 aliphatic rings. The minimum absolute atomic E-state index is 0. The van der Waals surface area contributed by atoms with Gasteiger partial charge < -0.3 is 10.1 Å².